The van der Waals surface area contributed by atoms with Crippen LogP contribution in [0.5, 0.6) is 5.75 Å². The number of hydrogen-bond donors (Lipinski definition) is 1. The van der Waals surface area contributed by atoms with E-state index < -0.39 is 10.0 Å². The van der Waals surface area contributed by atoms with Crippen molar-refractivity contribution in [1.29, 1.82) is 0 Å². The van der Waals surface area contributed by atoms with Crippen molar-refractivity contribution in [1.82, 2.24) is 4.31 Å². The molecule has 0 saturated heterocycles. The lowest BCUT2D eigenvalue weighted by molar-refractivity contribution is -0.116. The maximum atomic E-state index is 13.1. The van der Waals surface area contributed by atoms with Crippen LogP contribution in [0.1, 0.15) is 39.7 Å². The van der Waals surface area contributed by atoms with Gasteiger partial charge in [0.05, 0.1) is 12.0 Å². The van der Waals surface area contributed by atoms with Crippen molar-refractivity contribution in [3.8, 4) is 5.75 Å². The van der Waals surface area contributed by atoms with E-state index in [0.717, 1.165) is 11.3 Å². The number of sulfonamides is 1. The molecule has 0 spiro atoms. The van der Waals surface area contributed by atoms with E-state index >= 15 is 0 Å². The largest absolute Gasteiger partial charge is 0.497 e. The predicted molar refractivity (Wildman–Crippen MR) is 125 cm³/mol. The Balaban J connectivity index is 2.00. The van der Waals surface area contributed by atoms with E-state index in [2.05, 4.69) is 5.32 Å². The normalized spacial score (nSPS) is 11.9. The van der Waals surface area contributed by atoms with Crippen LogP contribution in [0, 0.1) is 11.8 Å². The monoisotopic (exact) mass is 446 g/mol. The Labute approximate surface area is 186 Å². The minimum absolute atomic E-state index is 0.118. The lowest BCUT2D eigenvalue weighted by Crippen LogP contribution is -2.37. The van der Waals surface area contributed by atoms with Gasteiger partial charge in [0.1, 0.15) is 5.75 Å². The molecule has 1 amide bonds. The summed E-state index contributed by atoms with van der Waals surface area (Å²) < 4.78 is 32.8. The van der Waals surface area contributed by atoms with E-state index in [1.165, 1.54) is 0 Å². The van der Waals surface area contributed by atoms with E-state index in [4.69, 9.17) is 4.74 Å². The molecule has 0 aliphatic carbocycles. The summed E-state index contributed by atoms with van der Waals surface area (Å²) in [4.78, 5) is 12.5. The van der Waals surface area contributed by atoms with Crippen molar-refractivity contribution < 1.29 is 17.9 Å². The van der Waals surface area contributed by atoms with Crippen molar-refractivity contribution in [2.75, 3.05) is 25.5 Å². The third-order valence-electron chi connectivity index (χ3n) is 4.71. The molecular weight excluding hydrogens is 412 g/mol. The maximum absolute atomic E-state index is 13.1. The number of hydrogen-bond acceptors (Lipinski definition) is 4. The smallest absolute Gasteiger partial charge is 0.243 e. The summed E-state index contributed by atoms with van der Waals surface area (Å²) in [7, 11) is -1.96. The highest BCUT2D eigenvalue weighted by atomic mass is 32.2. The number of nitrogens with one attached hydrogen (secondary N) is 1. The highest BCUT2D eigenvalue weighted by Crippen LogP contribution is 2.21. The van der Waals surface area contributed by atoms with E-state index in [-0.39, 0.29) is 22.6 Å². The zero-order valence-corrected chi connectivity index (χ0v) is 19.9. The standard InChI is InChI=1S/C24H34N2O4S/c1-18(2)16-26(17-19(3)4)31(28,29)23-13-9-21(10-14-23)25-24(27)15-8-20-6-11-22(30-5)12-7-20/h6-7,9-14,18-19H,8,15-17H2,1-5H3,(H,25,27). The van der Waals surface area contributed by atoms with Gasteiger partial charge in [-0.25, -0.2) is 8.42 Å². The molecule has 31 heavy (non-hydrogen) atoms. The van der Waals surface area contributed by atoms with Gasteiger partial charge in [-0.2, -0.15) is 4.31 Å². The summed E-state index contributed by atoms with van der Waals surface area (Å²) >= 11 is 0. The summed E-state index contributed by atoms with van der Waals surface area (Å²) in [6, 6.07) is 14.0. The fourth-order valence-electron chi connectivity index (χ4n) is 3.22. The van der Waals surface area contributed by atoms with E-state index in [1.807, 2.05) is 52.0 Å². The van der Waals surface area contributed by atoms with Crippen LogP contribution < -0.4 is 10.1 Å². The predicted octanol–water partition coefficient (Wildman–Crippen LogP) is 4.57. The third-order valence-corrected chi connectivity index (χ3v) is 6.56. The molecule has 0 saturated carbocycles. The van der Waals surface area contributed by atoms with Gasteiger partial charge in [0.25, 0.3) is 0 Å². The second-order valence-electron chi connectivity index (χ2n) is 8.53. The fourth-order valence-corrected chi connectivity index (χ4v) is 4.99. The van der Waals surface area contributed by atoms with Crippen LogP contribution >= 0.6 is 0 Å². The van der Waals surface area contributed by atoms with Crippen molar-refractivity contribution in [2.24, 2.45) is 11.8 Å². The Kier molecular flexibility index (Phi) is 9.07. The second kappa shape index (κ2) is 11.3. The molecule has 0 unspecified atom stereocenters. The van der Waals surface area contributed by atoms with Crippen LogP contribution in [0.3, 0.4) is 0 Å². The molecule has 6 nitrogen and oxygen atoms in total. The van der Waals surface area contributed by atoms with Crippen LogP contribution in [0.25, 0.3) is 0 Å². The second-order valence-corrected chi connectivity index (χ2v) is 10.5. The Hall–Kier alpha value is -2.38. The molecule has 0 aromatic heterocycles. The van der Waals surface area contributed by atoms with Gasteiger partial charge in [-0.15, -0.1) is 0 Å². The number of ether oxygens (including phenoxy) is 1. The molecule has 0 fully saturated rings. The minimum Gasteiger partial charge on any atom is -0.497 e. The summed E-state index contributed by atoms with van der Waals surface area (Å²) in [6.45, 7) is 8.98. The Morgan fingerprint density at radius 2 is 1.48 bits per heavy atom. The maximum Gasteiger partial charge on any atom is 0.243 e. The van der Waals surface area contributed by atoms with Gasteiger partial charge in [0.2, 0.25) is 15.9 Å². The van der Waals surface area contributed by atoms with Crippen LogP contribution in [-0.2, 0) is 21.2 Å². The summed E-state index contributed by atoms with van der Waals surface area (Å²) in [6.07, 6.45) is 0.949. The Morgan fingerprint density at radius 3 is 1.97 bits per heavy atom. The molecule has 2 aromatic rings. The van der Waals surface area contributed by atoms with Gasteiger partial charge < -0.3 is 10.1 Å². The Morgan fingerprint density at radius 1 is 0.935 bits per heavy atom. The number of amides is 1. The first-order valence-electron chi connectivity index (χ1n) is 10.6. The Bertz CT molecular complexity index is 927. The van der Waals surface area contributed by atoms with E-state index in [9.17, 15) is 13.2 Å². The molecule has 7 heteroatoms. The fraction of sp³-hybridized carbons (Fsp3) is 0.458. The number of carbonyl (C=O) groups is 1. The molecule has 0 radical (unpaired) electrons. The topological polar surface area (TPSA) is 75.7 Å². The van der Waals surface area contributed by atoms with Crippen LogP contribution in [-0.4, -0.2) is 38.8 Å². The third kappa shape index (κ3) is 7.67. The SMILES string of the molecule is COc1ccc(CCC(=O)Nc2ccc(S(=O)(=O)N(CC(C)C)CC(C)C)cc2)cc1. The molecule has 0 heterocycles. The van der Waals surface area contributed by atoms with Crippen molar-refractivity contribution in [3.05, 3.63) is 54.1 Å². The molecule has 0 bridgehead atoms. The molecule has 0 aliphatic heterocycles. The first-order valence-corrected chi connectivity index (χ1v) is 12.1. The number of benzene rings is 2. The van der Waals surface area contributed by atoms with Gasteiger partial charge in [-0.1, -0.05) is 39.8 Å². The summed E-state index contributed by atoms with van der Waals surface area (Å²) in [5.74, 6) is 1.13. The zero-order valence-electron chi connectivity index (χ0n) is 19.1. The number of rotatable bonds is 11. The molecule has 170 valence electrons. The first kappa shape index (κ1) is 24.9. The van der Waals surface area contributed by atoms with Crippen molar-refractivity contribution in [2.45, 2.75) is 45.4 Å². The highest BCUT2D eigenvalue weighted by molar-refractivity contribution is 7.89. The van der Waals surface area contributed by atoms with Crippen LogP contribution in [0.4, 0.5) is 5.69 Å². The van der Waals surface area contributed by atoms with Gasteiger partial charge in [0.15, 0.2) is 0 Å². The minimum atomic E-state index is -3.58. The van der Waals surface area contributed by atoms with Gasteiger partial charge >= 0.3 is 0 Å². The quantitative estimate of drug-likeness (QED) is 0.549. The van der Waals surface area contributed by atoms with Crippen molar-refractivity contribution in [3.63, 3.8) is 0 Å². The summed E-state index contributed by atoms with van der Waals surface area (Å²) in [5.41, 5.74) is 1.63. The molecular formula is C24H34N2O4S. The number of methoxy groups -OCH3 is 1. The van der Waals surface area contributed by atoms with Crippen molar-refractivity contribution >= 4 is 21.6 Å². The van der Waals surface area contributed by atoms with Gasteiger partial charge in [-0.3, -0.25) is 4.79 Å². The number of anilines is 1. The molecule has 0 aliphatic rings. The average Bonchev–Trinajstić information content (AvgIpc) is 2.72. The first-order chi connectivity index (χ1) is 14.6. The van der Waals surface area contributed by atoms with Crippen LogP contribution in [0.2, 0.25) is 0 Å². The number of carbonyl (C=O) groups excluding carboxylic acids is 1. The zero-order chi connectivity index (χ0) is 23.0. The van der Waals surface area contributed by atoms with Crippen LogP contribution in [0.15, 0.2) is 53.4 Å². The van der Waals surface area contributed by atoms with E-state index in [1.54, 1.807) is 35.7 Å². The number of aryl methyl sites for hydroxylation is 1. The number of nitrogens with zero attached hydrogens (tertiary/aromatic N) is 1. The molecule has 0 atom stereocenters. The van der Waals surface area contributed by atoms with E-state index in [0.29, 0.717) is 31.6 Å². The van der Waals surface area contributed by atoms with Gasteiger partial charge in [0, 0.05) is 25.2 Å². The van der Waals surface area contributed by atoms with Gasteiger partial charge in [-0.05, 0) is 60.2 Å². The molecule has 1 N–H and O–H groups in total. The highest BCUT2D eigenvalue weighted by Gasteiger charge is 2.25. The lowest BCUT2D eigenvalue weighted by atomic mass is 10.1. The lowest BCUT2D eigenvalue weighted by Gasteiger charge is -2.25. The average molecular weight is 447 g/mol. The molecule has 2 rings (SSSR count). The molecule has 2 aromatic carbocycles. The summed E-state index contributed by atoms with van der Waals surface area (Å²) in [5, 5.41) is 2.83.